The normalized spacial score (nSPS) is 14.2. The molecular formula is C14H11F3N2O3S. The molecule has 0 aliphatic heterocycles. The van der Waals surface area contributed by atoms with Gasteiger partial charge in [-0.25, -0.2) is 4.98 Å². The molecule has 23 heavy (non-hydrogen) atoms. The second-order valence-corrected chi connectivity index (χ2v) is 5.77. The van der Waals surface area contributed by atoms with E-state index < -0.39 is 35.3 Å². The molecule has 1 heterocycles. The van der Waals surface area contributed by atoms with Crippen LogP contribution in [0.25, 0.3) is 0 Å². The summed E-state index contributed by atoms with van der Waals surface area (Å²) in [6, 6.07) is 6.49. The van der Waals surface area contributed by atoms with Gasteiger partial charge in [0.2, 0.25) is 6.54 Å². The molecule has 0 saturated carbocycles. The fraction of sp³-hybridized carbons (Fsp3) is 0.286. The highest BCUT2D eigenvalue weighted by Gasteiger charge is 2.60. The molecule has 0 unspecified atom stereocenters. The number of thiazole rings is 1. The first-order valence-corrected chi connectivity index (χ1v) is 7.31. The average molecular weight is 344 g/mol. The molecule has 1 aromatic heterocycles. The molecule has 2 aromatic rings. The topological polar surface area (TPSA) is 73.1 Å². The van der Waals surface area contributed by atoms with Crippen LogP contribution in [-0.2, 0) is 5.41 Å². The predicted molar refractivity (Wildman–Crippen MR) is 77.1 cm³/mol. The third kappa shape index (κ3) is 3.55. The SMILES string of the molecule is O=C(C[C@](C[N+](=O)[O-])(c1ccccc1)C(F)(F)F)c1nccs1. The maximum Gasteiger partial charge on any atom is 0.405 e. The highest BCUT2D eigenvalue weighted by atomic mass is 32.1. The summed E-state index contributed by atoms with van der Waals surface area (Å²) >= 11 is 0.899. The second kappa shape index (κ2) is 6.45. The zero-order valence-electron chi connectivity index (χ0n) is 11.6. The molecule has 0 aliphatic carbocycles. The molecule has 0 aliphatic rings. The van der Waals surface area contributed by atoms with Gasteiger partial charge in [-0.15, -0.1) is 11.3 Å². The van der Waals surface area contributed by atoms with Crippen LogP contribution >= 0.6 is 11.3 Å². The summed E-state index contributed by atoms with van der Waals surface area (Å²) in [7, 11) is 0. The van der Waals surface area contributed by atoms with Gasteiger partial charge in [-0.2, -0.15) is 13.2 Å². The minimum absolute atomic E-state index is 0.0992. The van der Waals surface area contributed by atoms with E-state index in [1.807, 2.05) is 0 Å². The molecule has 0 bridgehead atoms. The molecule has 1 atom stereocenters. The molecule has 1 aromatic carbocycles. The molecule has 122 valence electrons. The van der Waals surface area contributed by atoms with E-state index in [0.29, 0.717) is 0 Å². The van der Waals surface area contributed by atoms with Crippen LogP contribution in [0.3, 0.4) is 0 Å². The first-order valence-electron chi connectivity index (χ1n) is 6.43. The number of aromatic nitrogens is 1. The lowest BCUT2D eigenvalue weighted by atomic mass is 9.75. The standard InChI is InChI=1S/C14H11F3N2O3S/c15-14(16,17)13(9-19(21)22,10-4-2-1-3-5-10)8-11(20)12-18-6-7-23-12/h1-7H,8-9H2/t13-/m0/s1. The summed E-state index contributed by atoms with van der Waals surface area (Å²) in [6.07, 6.45) is -4.73. The van der Waals surface area contributed by atoms with Gasteiger partial charge < -0.3 is 0 Å². The van der Waals surface area contributed by atoms with Crippen LogP contribution in [0, 0.1) is 10.1 Å². The number of hydrogen-bond donors (Lipinski definition) is 0. The molecule has 0 fully saturated rings. The van der Waals surface area contributed by atoms with Crippen molar-refractivity contribution in [1.29, 1.82) is 0 Å². The van der Waals surface area contributed by atoms with Crippen LogP contribution < -0.4 is 0 Å². The molecule has 0 radical (unpaired) electrons. The van der Waals surface area contributed by atoms with E-state index in [0.717, 1.165) is 23.5 Å². The fourth-order valence-electron chi connectivity index (χ4n) is 2.29. The molecule has 5 nitrogen and oxygen atoms in total. The van der Waals surface area contributed by atoms with Crippen molar-refractivity contribution in [3.63, 3.8) is 0 Å². The molecule has 2 rings (SSSR count). The lowest BCUT2D eigenvalue weighted by Gasteiger charge is -2.32. The van der Waals surface area contributed by atoms with Crippen LogP contribution in [0.4, 0.5) is 13.2 Å². The van der Waals surface area contributed by atoms with Gasteiger partial charge in [-0.3, -0.25) is 14.9 Å². The lowest BCUT2D eigenvalue weighted by molar-refractivity contribution is -0.501. The van der Waals surface area contributed by atoms with Crippen LogP contribution in [0.5, 0.6) is 0 Å². The van der Waals surface area contributed by atoms with Crippen molar-refractivity contribution in [1.82, 2.24) is 4.98 Å². The summed E-state index contributed by atoms with van der Waals surface area (Å²) in [4.78, 5) is 25.7. The molecule has 0 amide bonds. The number of Topliss-reactive ketones (excluding diaryl/α,β-unsaturated/α-hetero) is 1. The highest BCUT2D eigenvalue weighted by Crippen LogP contribution is 2.44. The third-order valence-electron chi connectivity index (χ3n) is 3.40. The van der Waals surface area contributed by atoms with Gasteiger partial charge >= 0.3 is 6.18 Å². The van der Waals surface area contributed by atoms with Crippen molar-refractivity contribution in [2.75, 3.05) is 6.54 Å². The van der Waals surface area contributed by atoms with Gasteiger partial charge in [-0.05, 0) is 5.56 Å². The van der Waals surface area contributed by atoms with Crippen LogP contribution in [0.15, 0.2) is 41.9 Å². The highest BCUT2D eigenvalue weighted by molar-refractivity contribution is 7.11. The molecule has 9 heteroatoms. The number of hydrogen-bond acceptors (Lipinski definition) is 5. The van der Waals surface area contributed by atoms with E-state index in [1.54, 1.807) is 0 Å². The van der Waals surface area contributed by atoms with Crippen molar-refractivity contribution in [2.45, 2.75) is 18.0 Å². The predicted octanol–water partition coefficient (Wildman–Crippen LogP) is 3.49. The Kier molecular flexibility index (Phi) is 4.79. The van der Waals surface area contributed by atoms with Crippen molar-refractivity contribution in [2.24, 2.45) is 0 Å². The van der Waals surface area contributed by atoms with Gasteiger partial charge in [0.15, 0.2) is 16.2 Å². The summed E-state index contributed by atoms with van der Waals surface area (Å²) < 4.78 is 41.2. The summed E-state index contributed by atoms with van der Waals surface area (Å²) in [5.74, 6) is -0.872. The Morgan fingerprint density at radius 3 is 2.39 bits per heavy atom. The minimum Gasteiger partial charge on any atom is -0.291 e. The third-order valence-corrected chi connectivity index (χ3v) is 4.22. The van der Waals surface area contributed by atoms with Crippen molar-refractivity contribution >= 4 is 17.1 Å². The number of alkyl halides is 3. The summed E-state index contributed by atoms with van der Waals surface area (Å²) in [5.41, 5.74) is -3.20. The molecule has 0 spiro atoms. The first-order chi connectivity index (χ1) is 10.8. The number of carbonyl (C=O) groups excluding carboxylic acids is 1. The smallest absolute Gasteiger partial charge is 0.291 e. The van der Waals surface area contributed by atoms with E-state index in [1.165, 1.54) is 29.8 Å². The number of nitrogens with zero attached hydrogens (tertiary/aromatic N) is 2. The Balaban J connectivity index is 2.53. The number of rotatable bonds is 6. The number of halogens is 3. The van der Waals surface area contributed by atoms with Crippen molar-refractivity contribution in [3.8, 4) is 0 Å². The fourth-order valence-corrected chi connectivity index (χ4v) is 2.87. The quantitative estimate of drug-likeness (QED) is 0.457. The van der Waals surface area contributed by atoms with Crippen molar-refractivity contribution < 1.29 is 22.9 Å². The van der Waals surface area contributed by atoms with Gasteiger partial charge in [0.25, 0.3) is 0 Å². The zero-order valence-corrected chi connectivity index (χ0v) is 12.4. The molecular weight excluding hydrogens is 333 g/mol. The van der Waals surface area contributed by atoms with Gasteiger partial charge in [0.1, 0.15) is 0 Å². The maximum atomic E-state index is 13.7. The number of carbonyl (C=O) groups is 1. The maximum absolute atomic E-state index is 13.7. The first kappa shape index (κ1) is 17.1. The van der Waals surface area contributed by atoms with E-state index in [4.69, 9.17) is 0 Å². The Morgan fingerprint density at radius 1 is 1.26 bits per heavy atom. The Bertz CT molecular complexity index is 689. The second-order valence-electron chi connectivity index (χ2n) is 4.87. The lowest BCUT2D eigenvalue weighted by Crippen LogP contribution is -2.49. The number of ketones is 1. The average Bonchev–Trinajstić information content (AvgIpc) is 3.00. The zero-order chi connectivity index (χ0) is 17.1. The Morgan fingerprint density at radius 2 is 1.91 bits per heavy atom. The van der Waals surface area contributed by atoms with Crippen LogP contribution in [0.1, 0.15) is 21.8 Å². The van der Waals surface area contributed by atoms with E-state index >= 15 is 0 Å². The van der Waals surface area contributed by atoms with E-state index in [2.05, 4.69) is 4.98 Å². The van der Waals surface area contributed by atoms with Gasteiger partial charge in [-0.1, -0.05) is 30.3 Å². The van der Waals surface area contributed by atoms with Gasteiger partial charge in [0.05, 0.1) is 0 Å². The number of benzene rings is 1. The van der Waals surface area contributed by atoms with E-state index in [9.17, 15) is 28.1 Å². The summed E-state index contributed by atoms with van der Waals surface area (Å²) in [6.45, 7) is -1.42. The van der Waals surface area contributed by atoms with Crippen LogP contribution in [0.2, 0.25) is 0 Å². The summed E-state index contributed by atoms with van der Waals surface area (Å²) in [5, 5.41) is 12.2. The Hall–Kier alpha value is -2.29. The molecule has 0 saturated heterocycles. The molecule has 0 N–H and O–H groups in total. The van der Waals surface area contributed by atoms with Gasteiger partial charge in [0, 0.05) is 22.9 Å². The van der Waals surface area contributed by atoms with Crippen molar-refractivity contribution in [3.05, 3.63) is 62.6 Å². The Labute approximate surface area is 132 Å². The largest absolute Gasteiger partial charge is 0.405 e. The minimum atomic E-state index is -4.96. The van der Waals surface area contributed by atoms with E-state index in [-0.39, 0.29) is 10.6 Å². The number of nitro groups is 1. The van der Waals surface area contributed by atoms with Crippen LogP contribution in [-0.4, -0.2) is 28.4 Å². The monoisotopic (exact) mass is 344 g/mol.